The molecule has 15 aromatic rings. The van der Waals surface area contributed by atoms with Crippen molar-refractivity contribution in [1.29, 1.82) is 0 Å². The zero-order valence-electron chi connectivity index (χ0n) is 75.2. The Kier molecular flexibility index (Phi) is 42.2. The third kappa shape index (κ3) is 31.4. The summed E-state index contributed by atoms with van der Waals surface area (Å²) in [6, 6.07) is 142. The van der Waals surface area contributed by atoms with Crippen LogP contribution < -0.4 is 24.5 Å². The summed E-state index contributed by atoms with van der Waals surface area (Å²) >= 11 is 7.17. The van der Waals surface area contributed by atoms with E-state index in [0.29, 0.717) is 0 Å². The van der Waals surface area contributed by atoms with Gasteiger partial charge in [-0.2, -0.15) is 0 Å². The van der Waals surface area contributed by atoms with Gasteiger partial charge in [-0.3, -0.25) is 0 Å². The van der Waals surface area contributed by atoms with Crippen molar-refractivity contribution in [2.24, 2.45) is 0 Å². The molecular formula is C122H104N5W5-5. The van der Waals surface area contributed by atoms with Gasteiger partial charge in [0.25, 0.3) is 0 Å². The first kappa shape index (κ1) is 100. The fourth-order valence-electron chi connectivity index (χ4n) is 13.9. The Hall–Kier alpha value is -12.5. The van der Waals surface area contributed by atoms with Gasteiger partial charge in [-0.15, -0.1) is 0 Å². The summed E-state index contributed by atoms with van der Waals surface area (Å²) in [5, 5.41) is 0. The monoisotopic (exact) mass is 2560 g/mol. The Morgan fingerprint density at radius 3 is 0.644 bits per heavy atom. The summed E-state index contributed by atoms with van der Waals surface area (Å²) in [7, 11) is 0. The number of allylic oxidation sites excluding steroid dienone is 15. The molecule has 0 saturated carbocycles. The van der Waals surface area contributed by atoms with Crippen LogP contribution in [0.3, 0.4) is 0 Å². The van der Waals surface area contributed by atoms with Gasteiger partial charge in [-0.1, -0.05) is 0 Å². The molecule has 0 spiro atoms. The van der Waals surface area contributed by atoms with Gasteiger partial charge >= 0.3 is 848 Å². The van der Waals surface area contributed by atoms with E-state index in [0.717, 1.165) is 113 Å². The molecule has 0 atom stereocenters. The number of para-hydroxylation sites is 7. The number of hydrogen-bond donors (Lipinski definition) is 0. The second kappa shape index (κ2) is 55.6. The first-order valence-electron chi connectivity index (χ1n) is 43.4. The number of hydrogen-bond acceptors (Lipinski definition) is 5. The van der Waals surface area contributed by atoms with Gasteiger partial charge < -0.3 is 0 Å². The van der Waals surface area contributed by atoms with Crippen LogP contribution in [0.4, 0.5) is 56.9 Å². The molecule has 0 N–H and O–H groups in total. The van der Waals surface area contributed by atoms with Crippen LogP contribution in [0, 0.1) is 79.5 Å². The van der Waals surface area contributed by atoms with Crippen molar-refractivity contribution >= 4 is 107 Å². The minimum atomic E-state index is 1.05. The molecule has 0 unspecified atom stereocenters. The number of aryl methyl sites for hydroxylation is 7. The summed E-state index contributed by atoms with van der Waals surface area (Å²) in [6.45, 7) is 14.9. The standard InChI is InChI=1S/2C25H22N.3C24H20N.5W/c1-4-12-23(22-15-6-5-7-16-22)19-26(24-17-10-8-13-20(24)2)25-18-11-9-14-21(25)3;1-4-11-23(22-14-6-5-7-15-22)19-26(24-16-10-12-20(2)18-24)25-17-9-8-13-21(25)3;1-3-12-22(21-14-6-4-7-15-21)19-25(23-16-8-5-9-17-23)24-18-11-10-13-20(24)2;1-3-11-22(21-13-6-4-7-14-21)19-25(23-15-8-5-9-16-23)24-17-10-12-20(2)18-24;1-3-10-22(21-11-6-4-7-12-21)19-25(23-13-8-5-9-14-23)24-17-15-20(2)16-18-24;;;;;/h2*1,4-18H,2-3H3;3*1,3-18H,2H3;;;;;/q5*-1;;;;;. The van der Waals surface area contributed by atoms with E-state index in [9.17, 15) is 0 Å². The molecule has 0 heterocycles. The van der Waals surface area contributed by atoms with Crippen LogP contribution >= 0.6 is 0 Å². The third-order valence-corrected chi connectivity index (χ3v) is 23.4. The molecule has 0 saturated heterocycles. The van der Waals surface area contributed by atoms with Gasteiger partial charge in [-0.05, 0) is 0 Å². The summed E-state index contributed by atoms with van der Waals surface area (Å²) in [5.41, 5.74) is 30.7. The molecule has 0 aliphatic heterocycles. The van der Waals surface area contributed by atoms with Crippen molar-refractivity contribution in [2.45, 2.75) is 48.5 Å². The minimum absolute atomic E-state index is 1.05. The molecule has 5 nitrogen and oxygen atoms in total. The number of nitrogens with zero attached hydrogens (tertiary/aromatic N) is 5. The second-order valence-electron chi connectivity index (χ2n) is 30.3. The Bertz CT molecular complexity index is 6460. The van der Waals surface area contributed by atoms with Gasteiger partial charge in [-0.25, -0.2) is 0 Å². The first-order valence-corrected chi connectivity index (χ1v) is 51.8. The van der Waals surface area contributed by atoms with E-state index in [1.807, 2.05) is 48.5 Å². The predicted octanol–water partition coefficient (Wildman–Crippen LogP) is 30.0. The summed E-state index contributed by atoms with van der Waals surface area (Å²) < 4.78 is 10.6. The quantitative estimate of drug-likeness (QED) is 0.0253. The van der Waals surface area contributed by atoms with Crippen LogP contribution in [-0.2, 0) is 96.8 Å². The molecule has 0 aliphatic carbocycles. The van der Waals surface area contributed by atoms with Crippen molar-refractivity contribution in [3.8, 4) is 0 Å². The summed E-state index contributed by atoms with van der Waals surface area (Å²) in [6.07, 6.45) is 39.3. The van der Waals surface area contributed by atoms with E-state index in [4.69, 9.17) is 0 Å². The molecule has 0 radical (unpaired) electrons. The van der Waals surface area contributed by atoms with E-state index in [1.165, 1.54) is 136 Å². The topological polar surface area (TPSA) is 16.2 Å². The fraction of sp³-hybridized carbons (Fsp3) is 0.0574. The Balaban J connectivity index is 0.000000159. The van der Waals surface area contributed by atoms with Gasteiger partial charge in [0, 0.05) is 0 Å². The van der Waals surface area contributed by atoms with Crippen molar-refractivity contribution in [3.05, 3.63) is 571 Å². The average molecular weight is 2560 g/mol. The van der Waals surface area contributed by atoms with E-state index in [-0.39, 0.29) is 0 Å². The van der Waals surface area contributed by atoms with Gasteiger partial charge in [0.1, 0.15) is 0 Å². The van der Waals surface area contributed by atoms with Crippen molar-refractivity contribution in [1.82, 2.24) is 0 Å². The van der Waals surface area contributed by atoms with Gasteiger partial charge in [0.2, 0.25) is 0 Å². The molecule has 132 heavy (non-hydrogen) atoms. The number of benzene rings is 15. The van der Waals surface area contributed by atoms with E-state index in [1.54, 1.807) is 0 Å². The summed E-state index contributed by atoms with van der Waals surface area (Å²) in [4.78, 5) is 10.7. The fourth-order valence-corrected chi connectivity index (χ4v) is 15.3. The maximum absolute atomic E-state index is 3.67. The molecule has 10 heteroatoms. The zero-order chi connectivity index (χ0) is 92.7. The normalized spacial score (nSPS) is 11.5. The number of rotatable bonds is 30. The Labute approximate surface area is 839 Å². The second-order valence-corrected chi connectivity index (χ2v) is 35.2. The van der Waals surface area contributed by atoms with Crippen LogP contribution in [0.2, 0.25) is 0 Å². The molecular weight excluding hydrogens is 2450 g/mol. The molecule has 15 aromatic carbocycles. The molecule has 652 valence electrons. The van der Waals surface area contributed by atoms with Crippen molar-refractivity contribution in [2.75, 3.05) is 24.5 Å². The molecule has 0 fully saturated rings. The maximum atomic E-state index is 3.67. The summed E-state index contributed by atoms with van der Waals surface area (Å²) in [5.74, 6) is 0. The molecule has 0 aromatic heterocycles. The average Bonchev–Trinajstić information content (AvgIpc) is 0.850. The van der Waals surface area contributed by atoms with Gasteiger partial charge in [0.05, 0.1) is 0 Å². The first-order chi connectivity index (χ1) is 64.7. The zero-order valence-corrected chi connectivity index (χ0v) is 89.9. The third-order valence-electron chi connectivity index (χ3n) is 20.6. The van der Waals surface area contributed by atoms with Crippen LogP contribution in [-0.4, -0.2) is 22.0 Å². The SMILES string of the molecule is Cc1ccc(N([C-]=C(C=C[CH]=[W])c2ccccc2)c2ccccc2)cc1.Cc1cccc(N([C-]=C(C=C[CH]=[W])c2ccccc2)c2ccccc2)c1.Cc1cccc(N([C-]=C(C=C[CH]=[W])c2ccccc2)c2ccccc2C)c1.Cc1ccccc1N([C-]=C(C=C[CH]=[W])c1ccccc1)c1ccccc1.Cc1ccccc1N([C-]=C(C=C[CH]=[W])c1ccccc1)c1ccccc1C. The molecule has 0 aliphatic rings. The van der Waals surface area contributed by atoms with Crippen LogP contribution in [0.25, 0.3) is 27.9 Å². The molecule has 0 bridgehead atoms. The van der Waals surface area contributed by atoms with E-state index < -0.39 is 0 Å². The van der Waals surface area contributed by atoms with Crippen LogP contribution in [0.5, 0.6) is 0 Å². The van der Waals surface area contributed by atoms with E-state index >= 15 is 0 Å². The number of anilines is 10. The van der Waals surface area contributed by atoms with Crippen molar-refractivity contribution in [3.63, 3.8) is 0 Å². The van der Waals surface area contributed by atoms with Crippen molar-refractivity contribution < 1.29 is 96.8 Å². The molecule has 0 amide bonds. The predicted molar refractivity (Wildman–Crippen MR) is 550 cm³/mol. The van der Waals surface area contributed by atoms with Gasteiger partial charge in [0.15, 0.2) is 0 Å². The molecule has 15 rings (SSSR count). The van der Waals surface area contributed by atoms with Crippen LogP contribution in [0.1, 0.15) is 66.8 Å². The van der Waals surface area contributed by atoms with Crippen LogP contribution in [0.15, 0.2) is 473 Å². The Morgan fingerprint density at radius 2 is 0.379 bits per heavy atom. The Morgan fingerprint density at radius 1 is 0.182 bits per heavy atom. The van der Waals surface area contributed by atoms with E-state index in [2.05, 4.69) is 551 Å².